The van der Waals surface area contributed by atoms with Gasteiger partial charge in [0.2, 0.25) is 5.91 Å². The second-order valence-corrected chi connectivity index (χ2v) is 7.30. The van der Waals surface area contributed by atoms with Gasteiger partial charge >= 0.3 is 0 Å². The van der Waals surface area contributed by atoms with E-state index in [4.69, 9.17) is 0 Å². The number of likely N-dealkylation sites (tertiary alicyclic amines) is 1. The molecule has 1 amide bonds. The third-order valence-electron chi connectivity index (χ3n) is 4.53. The van der Waals surface area contributed by atoms with Crippen LogP contribution in [0.3, 0.4) is 0 Å². The molecule has 0 spiro atoms. The van der Waals surface area contributed by atoms with Gasteiger partial charge in [-0.3, -0.25) is 9.36 Å². The van der Waals surface area contributed by atoms with Crippen LogP contribution in [0.1, 0.15) is 12.8 Å². The summed E-state index contributed by atoms with van der Waals surface area (Å²) in [5, 5.41) is 9.26. The fourth-order valence-electron chi connectivity index (χ4n) is 3.14. The molecule has 2 aromatic carbocycles. The minimum absolute atomic E-state index is 0.128. The Bertz CT molecular complexity index is 921. The molecule has 0 aliphatic carbocycles. The summed E-state index contributed by atoms with van der Waals surface area (Å²) in [5.41, 5.74) is 1.67. The van der Waals surface area contributed by atoms with E-state index in [2.05, 4.69) is 10.2 Å². The van der Waals surface area contributed by atoms with E-state index >= 15 is 0 Å². The van der Waals surface area contributed by atoms with Crippen molar-refractivity contribution >= 4 is 17.7 Å². The molecular weight excluding hydrogens is 363 g/mol. The number of para-hydroxylation sites is 1. The molecular formula is C20H19FN4OS. The van der Waals surface area contributed by atoms with Gasteiger partial charge in [0, 0.05) is 24.3 Å². The number of amides is 1. The van der Waals surface area contributed by atoms with Crippen molar-refractivity contribution in [2.24, 2.45) is 0 Å². The van der Waals surface area contributed by atoms with E-state index in [1.165, 1.54) is 23.9 Å². The molecule has 138 valence electrons. The van der Waals surface area contributed by atoms with E-state index in [-0.39, 0.29) is 11.7 Å². The minimum atomic E-state index is -0.296. The van der Waals surface area contributed by atoms with Crippen LogP contribution in [-0.4, -0.2) is 44.4 Å². The van der Waals surface area contributed by atoms with E-state index < -0.39 is 0 Å². The van der Waals surface area contributed by atoms with E-state index in [0.29, 0.717) is 16.7 Å². The summed E-state index contributed by atoms with van der Waals surface area (Å²) in [6.07, 6.45) is 2.15. The molecule has 7 heteroatoms. The molecule has 4 rings (SSSR count). The first-order valence-electron chi connectivity index (χ1n) is 8.90. The van der Waals surface area contributed by atoms with Crippen LogP contribution < -0.4 is 0 Å². The van der Waals surface area contributed by atoms with Crippen LogP contribution in [0.15, 0.2) is 59.8 Å². The number of thioether (sulfide) groups is 1. The molecule has 0 unspecified atom stereocenters. The monoisotopic (exact) mass is 382 g/mol. The zero-order chi connectivity index (χ0) is 18.6. The predicted molar refractivity (Wildman–Crippen MR) is 103 cm³/mol. The number of carbonyl (C=O) groups excluding carboxylic acids is 1. The number of carbonyl (C=O) groups is 1. The molecule has 3 aromatic rings. The summed E-state index contributed by atoms with van der Waals surface area (Å²) in [4.78, 5) is 14.3. The predicted octanol–water partition coefficient (Wildman–Crippen LogP) is 3.79. The molecule has 2 heterocycles. The lowest BCUT2D eigenvalue weighted by Gasteiger charge is -2.15. The Kier molecular flexibility index (Phi) is 5.20. The molecule has 0 radical (unpaired) electrons. The first-order chi connectivity index (χ1) is 13.2. The maximum absolute atomic E-state index is 13.3. The van der Waals surface area contributed by atoms with E-state index in [0.717, 1.165) is 37.2 Å². The average Bonchev–Trinajstić information content (AvgIpc) is 3.37. The van der Waals surface area contributed by atoms with Crippen molar-refractivity contribution in [3.8, 4) is 17.1 Å². The fraction of sp³-hybridized carbons (Fsp3) is 0.250. The average molecular weight is 382 g/mol. The molecule has 1 aliphatic heterocycles. The number of hydrogen-bond donors (Lipinski definition) is 0. The quantitative estimate of drug-likeness (QED) is 0.630. The molecule has 1 fully saturated rings. The van der Waals surface area contributed by atoms with Crippen molar-refractivity contribution in [1.82, 2.24) is 19.7 Å². The Labute approximate surface area is 161 Å². The summed E-state index contributed by atoms with van der Waals surface area (Å²) in [7, 11) is 0. The highest BCUT2D eigenvalue weighted by atomic mass is 32.2. The molecule has 1 aliphatic rings. The summed E-state index contributed by atoms with van der Waals surface area (Å²) in [6.45, 7) is 1.68. The topological polar surface area (TPSA) is 51.0 Å². The van der Waals surface area contributed by atoms with Gasteiger partial charge in [0.25, 0.3) is 0 Å². The maximum atomic E-state index is 13.3. The molecule has 0 bridgehead atoms. The lowest BCUT2D eigenvalue weighted by Crippen LogP contribution is -2.29. The van der Waals surface area contributed by atoms with Crippen LogP contribution in [-0.2, 0) is 4.79 Å². The molecule has 0 N–H and O–H groups in total. The van der Waals surface area contributed by atoms with Crippen molar-refractivity contribution < 1.29 is 9.18 Å². The minimum Gasteiger partial charge on any atom is -0.342 e. The van der Waals surface area contributed by atoms with Crippen molar-refractivity contribution in [1.29, 1.82) is 0 Å². The molecule has 1 aromatic heterocycles. The van der Waals surface area contributed by atoms with Crippen LogP contribution in [0.25, 0.3) is 17.1 Å². The normalized spacial score (nSPS) is 13.9. The maximum Gasteiger partial charge on any atom is 0.233 e. The summed E-state index contributed by atoms with van der Waals surface area (Å²) in [6, 6.07) is 15.9. The highest BCUT2D eigenvalue weighted by molar-refractivity contribution is 7.99. The first-order valence-corrected chi connectivity index (χ1v) is 9.88. The number of halogens is 1. The molecule has 5 nitrogen and oxygen atoms in total. The Hall–Kier alpha value is -2.67. The van der Waals surface area contributed by atoms with Gasteiger partial charge in [-0.15, -0.1) is 10.2 Å². The van der Waals surface area contributed by atoms with Gasteiger partial charge in [0.1, 0.15) is 5.82 Å². The highest BCUT2D eigenvalue weighted by Gasteiger charge is 2.21. The molecule has 0 atom stereocenters. The van der Waals surface area contributed by atoms with Crippen LogP contribution >= 0.6 is 11.8 Å². The van der Waals surface area contributed by atoms with Crippen molar-refractivity contribution in [2.75, 3.05) is 18.8 Å². The van der Waals surface area contributed by atoms with E-state index in [9.17, 15) is 9.18 Å². The van der Waals surface area contributed by atoms with Gasteiger partial charge in [-0.05, 0) is 49.2 Å². The highest BCUT2D eigenvalue weighted by Crippen LogP contribution is 2.28. The van der Waals surface area contributed by atoms with Crippen molar-refractivity contribution in [2.45, 2.75) is 18.0 Å². The van der Waals surface area contributed by atoms with Gasteiger partial charge in [0.15, 0.2) is 11.0 Å². The second kappa shape index (κ2) is 7.92. The Morgan fingerprint density at radius 3 is 2.41 bits per heavy atom. The number of nitrogens with zero attached hydrogens (tertiary/aromatic N) is 4. The van der Waals surface area contributed by atoms with Crippen molar-refractivity contribution in [3.05, 3.63) is 60.4 Å². The van der Waals surface area contributed by atoms with Crippen molar-refractivity contribution in [3.63, 3.8) is 0 Å². The standard InChI is InChI=1S/C20H19FN4OS/c21-16-10-8-15(9-11-16)19-22-23-20(25(19)17-6-2-1-3-7-17)27-14-18(26)24-12-4-5-13-24/h1-3,6-11H,4-5,12-14H2. The second-order valence-electron chi connectivity index (χ2n) is 6.36. The zero-order valence-corrected chi connectivity index (χ0v) is 15.5. The SMILES string of the molecule is O=C(CSc1nnc(-c2ccc(F)cc2)n1-c1ccccc1)N1CCCC1. The molecule has 27 heavy (non-hydrogen) atoms. The van der Waals surface area contributed by atoms with E-state index in [1.54, 1.807) is 12.1 Å². The lowest BCUT2D eigenvalue weighted by molar-refractivity contribution is -0.127. The van der Waals surface area contributed by atoms with Crippen LogP contribution in [0, 0.1) is 5.82 Å². The molecule has 1 saturated heterocycles. The molecule has 0 saturated carbocycles. The summed E-state index contributed by atoms with van der Waals surface area (Å²) < 4.78 is 15.2. The number of rotatable bonds is 5. The smallest absolute Gasteiger partial charge is 0.233 e. The Morgan fingerprint density at radius 2 is 1.70 bits per heavy atom. The van der Waals surface area contributed by atoms with Gasteiger partial charge in [-0.25, -0.2) is 4.39 Å². The van der Waals surface area contributed by atoms with Crippen LogP contribution in [0.2, 0.25) is 0 Å². The number of benzene rings is 2. The van der Waals surface area contributed by atoms with Gasteiger partial charge in [-0.2, -0.15) is 0 Å². The van der Waals surface area contributed by atoms with Crippen LogP contribution in [0.5, 0.6) is 0 Å². The summed E-state index contributed by atoms with van der Waals surface area (Å²) >= 11 is 1.38. The Balaban J connectivity index is 1.65. The Morgan fingerprint density at radius 1 is 1.00 bits per heavy atom. The third-order valence-corrected chi connectivity index (χ3v) is 5.45. The fourth-order valence-corrected chi connectivity index (χ4v) is 4.00. The van der Waals surface area contributed by atoms with Gasteiger partial charge < -0.3 is 4.90 Å². The number of hydrogen-bond acceptors (Lipinski definition) is 4. The number of aromatic nitrogens is 3. The third kappa shape index (κ3) is 3.88. The zero-order valence-electron chi connectivity index (χ0n) is 14.7. The van der Waals surface area contributed by atoms with Gasteiger partial charge in [0.05, 0.1) is 5.75 Å². The van der Waals surface area contributed by atoms with Gasteiger partial charge in [-0.1, -0.05) is 30.0 Å². The first kappa shape index (κ1) is 17.7. The summed E-state index contributed by atoms with van der Waals surface area (Å²) in [5.74, 6) is 0.782. The lowest BCUT2D eigenvalue weighted by atomic mass is 10.2. The van der Waals surface area contributed by atoms with Crippen LogP contribution in [0.4, 0.5) is 4.39 Å². The van der Waals surface area contributed by atoms with E-state index in [1.807, 2.05) is 39.8 Å². The largest absolute Gasteiger partial charge is 0.342 e.